The number of rotatable bonds is 3. The first kappa shape index (κ1) is 14.9. The Balaban J connectivity index is 2.24. The van der Waals surface area contributed by atoms with Gasteiger partial charge in [0.25, 0.3) is 0 Å². The Labute approximate surface area is 103 Å². The van der Waals surface area contributed by atoms with Crippen LogP contribution >= 0.6 is 8.25 Å². The van der Waals surface area contributed by atoms with Gasteiger partial charge in [-0.3, -0.25) is 4.90 Å². The molecule has 17 heavy (non-hydrogen) atoms. The fourth-order valence-electron chi connectivity index (χ4n) is 1.57. The van der Waals surface area contributed by atoms with Crippen LogP contribution in [0.4, 0.5) is 0 Å². The molecule has 0 spiro atoms. The molecule has 100 valence electrons. The van der Waals surface area contributed by atoms with Gasteiger partial charge in [0.05, 0.1) is 0 Å². The molecule has 1 saturated heterocycles. The molecule has 1 heterocycles. The van der Waals surface area contributed by atoms with Gasteiger partial charge in [-0.1, -0.05) is 0 Å². The van der Waals surface area contributed by atoms with Gasteiger partial charge in [-0.05, 0) is 0 Å². The van der Waals surface area contributed by atoms with E-state index >= 15 is 0 Å². The minimum atomic E-state index is -2.50. The van der Waals surface area contributed by atoms with E-state index in [0.29, 0.717) is 0 Å². The molecule has 4 N–H and O–H groups in total. The molecule has 1 aliphatic rings. The summed E-state index contributed by atoms with van der Waals surface area (Å²) in [5.41, 5.74) is 0. The maximum Gasteiger partial charge on any atom is 0.696 e. The van der Waals surface area contributed by atoms with Gasteiger partial charge >= 0.3 is 8.25 Å². The summed E-state index contributed by atoms with van der Waals surface area (Å²) in [6, 6.07) is 0. The van der Waals surface area contributed by atoms with Gasteiger partial charge in [-0.15, -0.1) is 9.42 Å². The molecule has 0 saturated carbocycles. The first-order chi connectivity index (χ1) is 8.29. The predicted molar refractivity (Wildman–Crippen MR) is 66.0 cm³/mol. The smallest absolute Gasteiger partial charge is 0.314 e. The first-order valence-corrected chi connectivity index (χ1v) is 7.05. The van der Waals surface area contributed by atoms with Gasteiger partial charge in [0.2, 0.25) is 0 Å². The average Bonchev–Trinajstić information content (AvgIpc) is 2.28. The molecule has 0 aromatic carbocycles. The molecule has 8 heteroatoms. The van der Waals surface area contributed by atoms with Gasteiger partial charge in [-0.2, -0.15) is 0 Å². The van der Waals surface area contributed by atoms with Crippen LogP contribution in [0.1, 0.15) is 0 Å². The maximum absolute atomic E-state index is 10.5. The summed E-state index contributed by atoms with van der Waals surface area (Å²) in [4.78, 5) is 10.6. The molecule has 1 unspecified atom stereocenters. The van der Waals surface area contributed by atoms with Crippen LogP contribution in [0.2, 0.25) is 0 Å². The second-order valence-corrected chi connectivity index (χ2v) is 4.60. The van der Waals surface area contributed by atoms with Crippen LogP contribution in [-0.2, 0) is 9.09 Å². The summed E-state index contributed by atoms with van der Waals surface area (Å²) in [6.07, 6.45) is 0. The third-order valence-electron chi connectivity index (χ3n) is 2.52. The predicted octanol–water partition coefficient (Wildman–Crippen LogP) is -1.31. The molecule has 1 rings (SSSR count). The maximum atomic E-state index is 10.5. The Kier molecular flexibility index (Phi) is 8.64. The third kappa shape index (κ3) is 8.57. The summed E-state index contributed by atoms with van der Waals surface area (Å²) < 4.78 is 15.2. The monoisotopic (exact) mass is 265 g/mol. The van der Waals surface area contributed by atoms with Crippen LogP contribution in [-0.4, -0.2) is 68.9 Å². The van der Waals surface area contributed by atoms with E-state index < -0.39 is 8.25 Å². The first-order valence-electron chi connectivity index (χ1n) is 5.92. The van der Waals surface area contributed by atoms with Crippen molar-refractivity contribution in [3.63, 3.8) is 0 Å². The standard InChI is InChI=1S/C9H21N4O3P/c14-17(15)16-9-13-7-5-11-3-1-10-2-4-12-6-8-13/h10-12H,1-9H2/p+1. The second kappa shape index (κ2) is 9.85. The highest BCUT2D eigenvalue weighted by Crippen LogP contribution is 2.14. The summed E-state index contributed by atoms with van der Waals surface area (Å²) >= 11 is 0. The summed E-state index contributed by atoms with van der Waals surface area (Å²) in [5.74, 6) is 0. The molecule has 0 bridgehead atoms. The zero-order valence-electron chi connectivity index (χ0n) is 10.0. The number of hydrogen-bond donors (Lipinski definition) is 4. The molecule has 0 aliphatic carbocycles. The van der Waals surface area contributed by atoms with Crippen molar-refractivity contribution in [1.82, 2.24) is 20.9 Å². The van der Waals surface area contributed by atoms with Crippen molar-refractivity contribution in [2.24, 2.45) is 0 Å². The van der Waals surface area contributed by atoms with E-state index in [9.17, 15) is 4.57 Å². The fraction of sp³-hybridized carbons (Fsp3) is 1.00. The molecule has 0 radical (unpaired) electrons. The molecule has 0 amide bonds. The summed E-state index contributed by atoms with van der Waals surface area (Å²) in [5, 5.41) is 9.93. The Morgan fingerprint density at radius 2 is 1.47 bits per heavy atom. The van der Waals surface area contributed by atoms with Crippen molar-refractivity contribution in [2.75, 3.05) is 59.1 Å². The SMILES string of the molecule is O=[P+](O)OCN1CCNCCNCCNCC1. The van der Waals surface area contributed by atoms with Gasteiger partial charge < -0.3 is 16.0 Å². The lowest BCUT2D eigenvalue weighted by molar-refractivity contribution is 0.122. The molecule has 7 nitrogen and oxygen atoms in total. The second-order valence-electron chi connectivity index (χ2n) is 3.86. The Morgan fingerprint density at radius 1 is 1.00 bits per heavy atom. The lowest BCUT2D eigenvalue weighted by Gasteiger charge is -2.20. The molecule has 0 aromatic heterocycles. The lowest BCUT2D eigenvalue weighted by Crippen LogP contribution is -2.42. The van der Waals surface area contributed by atoms with Gasteiger partial charge in [0, 0.05) is 56.9 Å². The van der Waals surface area contributed by atoms with E-state index in [1.165, 1.54) is 0 Å². The van der Waals surface area contributed by atoms with Crippen LogP contribution in [0.5, 0.6) is 0 Å². The fourth-order valence-corrected chi connectivity index (χ4v) is 1.84. The van der Waals surface area contributed by atoms with E-state index in [0.717, 1.165) is 52.4 Å². The Morgan fingerprint density at radius 3 is 1.94 bits per heavy atom. The zero-order valence-corrected chi connectivity index (χ0v) is 10.9. The van der Waals surface area contributed by atoms with Crippen LogP contribution in [0.25, 0.3) is 0 Å². The highest BCUT2D eigenvalue weighted by Gasteiger charge is 2.15. The van der Waals surface area contributed by atoms with Crippen molar-refractivity contribution in [3.8, 4) is 0 Å². The number of nitrogens with zero attached hydrogens (tertiary/aromatic N) is 1. The van der Waals surface area contributed by atoms with Crippen molar-refractivity contribution in [1.29, 1.82) is 0 Å². The lowest BCUT2D eigenvalue weighted by atomic mass is 10.4. The minimum Gasteiger partial charge on any atom is -0.314 e. The Hall–Kier alpha value is -0.140. The minimum absolute atomic E-state index is 0.202. The average molecular weight is 265 g/mol. The molecular weight excluding hydrogens is 243 g/mol. The largest absolute Gasteiger partial charge is 0.696 e. The topological polar surface area (TPSA) is 85.9 Å². The van der Waals surface area contributed by atoms with Crippen LogP contribution in [0.3, 0.4) is 0 Å². The van der Waals surface area contributed by atoms with E-state index in [-0.39, 0.29) is 6.73 Å². The third-order valence-corrected chi connectivity index (χ3v) is 2.85. The van der Waals surface area contributed by atoms with Crippen LogP contribution in [0, 0.1) is 0 Å². The van der Waals surface area contributed by atoms with Gasteiger partial charge in [0.1, 0.15) is 0 Å². The number of nitrogens with one attached hydrogen (secondary N) is 3. The van der Waals surface area contributed by atoms with Crippen LogP contribution in [0.15, 0.2) is 0 Å². The van der Waals surface area contributed by atoms with Gasteiger partial charge in [-0.25, -0.2) is 0 Å². The zero-order chi connectivity index (χ0) is 12.3. The van der Waals surface area contributed by atoms with Crippen molar-refractivity contribution < 1.29 is 14.0 Å². The van der Waals surface area contributed by atoms with E-state index in [2.05, 4.69) is 16.0 Å². The Bertz CT molecular complexity index is 208. The van der Waals surface area contributed by atoms with Gasteiger partial charge in [0.15, 0.2) is 6.73 Å². The van der Waals surface area contributed by atoms with Crippen LogP contribution < -0.4 is 16.0 Å². The van der Waals surface area contributed by atoms with Crippen molar-refractivity contribution >= 4 is 8.25 Å². The normalized spacial score (nSPS) is 22.5. The molecule has 1 fully saturated rings. The highest BCUT2D eigenvalue weighted by atomic mass is 31.1. The molecule has 1 atom stereocenters. The van der Waals surface area contributed by atoms with E-state index in [4.69, 9.17) is 9.42 Å². The van der Waals surface area contributed by atoms with E-state index in [1.54, 1.807) is 0 Å². The van der Waals surface area contributed by atoms with Crippen molar-refractivity contribution in [2.45, 2.75) is 0 Å². The summed E-state index contributed by atoms with van der Waals surface area (Å²) in [7, 11) is -2.50. The quantitative estimate of drug-likeness (QED) is 0.472. The molecule has 0 aromatic rings. The number of hydrogen-bond acceptors (Lipinski definition) is 6. The van der Waals surface area contributed by atoms with E-state index in [1.807, 2.05) is 4.90 Å². The van der Waals surface area contributed by atoms with Crippen molar-refractivity contribution in [3.05, 3.63) is 0 Å². The molecular formula is C9H22N4O3P+. The highest BCUT2D eigenvalue weighted by molar-refractivity contribution is 7.32. The molecule has 1 aliphatic heterocycles. The summed E-state index contributed by atoms with van der Waals surface area (Å²) in [6.45, 7) is 7.32.